The summed E-state index contributed by atoms with van der Waals surface area (Å²) < 4.78 is 36.8. The summed E-state index contributed by atoms with van der Waals surface area (Å²) in [6.07, 6.45) is 0.0248. The molecule has 0 unspecified atom stereocenters. The molecule has 0 aliphatic heterocycles. The number of hydrogen-bond donors (Lipinski definition) is 0. The van der Waals surface area contributed by atoms with Gasteiger partial charge >= 0.3 is 5.97 Å². The number of carbonyl (C=O) groups is 1. The Bertz CT molecular complexity index is 911. The van der Waals surface area contributed by atoms with E-state index in [1.165, 1.54) is 12.1 Å². The van der Waals surface area contributed by atoms with Crippen molar-refractivity contribution in [2.45, 2.75) is 13.0 Å². The van der Waals surface area contributed by atoms with E-state index in [1.54, 1.807) is 24.3 Å². The van der Waals surface area contributed by atoms with Gasteiger partial charge in [0, 0.05) is 17.2 Å². The van der Waals surface area contributed by atoms with Gasteiger partial charge in [-0.2, -0.15) is 0 Å². The lowest BCUT2D eigenvalue weighted by Crippen LogP contribution is -2.08. The van der Waals surface area contributed by atoms with Crippen molar-refractivity contribution < 1.29 is 22.8 Å². The number of rotatable bonds is 5. The summed E-state index contributed by atoms with van der Waals surface area (Å²) in [6.45, 7) is -0.129. The molecule has 0 radical (unpaired) electrons. The zero-order valence-electron chi connectivity index (χ0n) is 12.8. The largest absolute Gasteiger partial charge is 0.459 e. The third-order valence-electron chi connectivity index (χ3n) is 3.43. The van der Waals surface area contributed by atoms with E-state index in [9.17, 15) is 13.6 Å². The van der Waals surface area contributed by atoms with E-state index < -0.39 is 17.6 Å². The fourth-order valence-corrected chi connectivity index (χ4v) is 2.40. The van der Waals surface area contributed by atoms with Gasteiger partial charge in [0.05, 0.1) is 12.0 Å². The van der Waals surface area contributed by atoms with E-state index in [0.717, 1.165) is 12.1 Å². The quantitative estimate of drug-likeness (QED) is 0.624. The summed E-state index contributed by atoms with van der Waals surface area (Å²) in [5, 5.41) is 4.20. The molecule has 0 saturated heterocycles. The molecule has 7 heteroatoms. The second-order valence-corrected chi connectivity index (χ2v) is 5.64. The Balaban J connectivity index is 1.62. The summed E-state index contributed by atoms with van der Waals surface area (Å²) in [4.78, 5) is 11.9. The van der Waals surface area contributed by atoms with Gasteiger partial charge in [0.15, 0.2) is 5.76 Å². The number of esters is 1. The van der Waals surface area contributed by atoms with Crippen molar-refractivity contribution in [3.63, 3.8) is 0 Å². The molecule has 1 heterocycles. The van der Waals surface area contributed by atoms with Gasteiger partial charge in [-0.05, 0) is 23.8 Å². The molecule has 2 aromatic carbocycles. The highest BCUT2D eigenvalue weighted by Gasteiger charge is 2.14. The number of carbonyl (C=O) groups excluding carboxylic acids is 1. The third kappa shape index (κ3) is 4.22. The number of hydrogen-bond acceptors (Lipinski definition) is 4. The lowest BCUT2D eigenvalue weighted by molar-refractivity contribution is -0.144. The van der Waals surface area contributed by atoms with Crippen LogP contribution in [0.3, 0.4) is 0 Å². The average Bonchev–Trinajstić information content (AvgIpc) is 3.04. The minimum atomic E-state index is -0.765. The summed E-state index contributed by atoms with van der Waals surface area (Å²) in [5.41, 5.74) is 1.04. The molecule has 3 rings (SSSR count). The highest BCUT2D eigenvalue weighted by molar-refractivity contribution is 6.31. The molecule has 0 amide bonds. The Morgan fingerprint density at radius 3 is 2.72 bits per heavy atom. The predicted molar refractivity (Wildman–Crippen MR) is 86.8 cm³/mol. The van der Waals surface area contributed by atoms with E-state index in [-0.39, 0.29) is 24.4 Å². The molecule has 128 valence electrons. The molecule has 3 aromatic rings. The molecule has 0 atom stereocenters. The summed E-state index contributed by atoms with van der Waals surface area (Å²) in [6, 6.07) is 11.5. The van der Waals surface area contributed by atoms with Crippen LogP contribution in [-0.4, -0.2) is 11.1 Å². The van der Waals surface area contributed by atoms with Crippen molar-refractivity contribution in [3.05, 3.63) is 76.4 Å². The molecule has 0 bridgehead atoms. The molecule has 0 aliphatic carbocycles. The van der Waals surface area contributed by atoms with Crippen LogP contribution in [0.2, 0.25) is 5.02 Å². The Hall–Kier alpha value is -2.73. The maximum Gasteiger partial charge on any atom is 0.310 e. The van der Waals surface area contributed by atoms with Crippen LogP contribution < -0.4 is 0 Å². The molecule has 0 spiro atoms. The normalized spacial score (nSPS) is 10.7. The van der Waals surface area contributed by atoms with Gasteiger partial charge in [-0.25, -0.2) is 8.78 Å². The number of halogens is 3. The second kappa shape index (κ2) is 7.44. The number of benzene rings is 2. The zero-order valence-corrected chi connectivity index (χ0v) is 13.6. The topological polar surface area (TPSA) is 52.3 Å². The van der Waals surface area contributed by atoms with E-state index >= 15 is 0 Å². The van der Waals surface area contributed by atoms with Crippen molar-refractivity contribution in [2.24, 2.45) is 0 Å². The lowest BCUT2D eigenvalue weighted by Gasteiger charge is -2.04. The fourth-order valence-electron chi connectivity index (χ4n) is 2.20. The highest BCUT2D eigenvalue weighted by atomic mass is 35.5. The number of ether oxygens (including phenoxy) is 1. The standard InChI is InChI=1S/C18H12ClF2NO3/c19-15-4-2-1-3-11(15)7-18(23)24-10-13-9-17(25-22-13)14-6-5-12(20)8-16(14)21/h1-6,8-9H,7,10H2. The minimum absolute atomic E-state index is 0.0248. The summed E-state index contributed by atoms with van der Waals surface area (Å²) >= 11 is 5.99. The molecular formula is C18H12ClF2NO3. The highest BCUT2D eigenvalue weighted by Crippen LogP contribution is 2.24. The average molecular weight is 364 g/mol. The molecular weight excluding hydrogens is 352 g/mol. The molecule has 4 nitrogen and oxygen atoms in total. The molecule has 25 heavy (non-hydrogen) atoms. The van der Waals surface area contributed by atoms with Crippen LogP contribution in [0.1, 0.15) is 11.3 Å². The number of nitrogens with zero attached hydrogens (tertiary/aromatic N) is 1. The van der Waals surface area contributed by atoms with Crippen molar-refractivity contribution in [2.75, 3.05) is 0 Å². The Morgan fingerprint density at radius 2 is 1.96 bits per heavy atom. The van der Waals surface area contributed by atoms with E-state index in [4.69, 9.17) is 20.9 Å². The van der Waals surface area contributed by atoms with Gasteiger partial charge in [0.1, 0.15) is 23.9 Å². The van der Waals surface area contributed by atoms with Gasteiger partial charge in [0.25, 0.3) is 0 Å². The van der Waals surface area contributed by atoms with Gasteiger partial charge in [-0.15, -0.1) is 0 Å². The van der Waals surface area contributed by atoms with Crippen LogP contribution in [0.15, 0.2) is 53.1 Å². The van der Waals surface area contributed by atoms with Crippen LogP contribution in [-0.2, 0) is 22.6 Å². The molecule has 0 fully saturated rings. The van der Waals surface area contributed by atoms with Crippen LogP contribution in [0.25, 0.3) is 11.3 Å². The first-order valence-electron chi connectivity index (χ1n) is 7.33. The molecule has 0 N–H and O–H groups in total. The van der Waals surface area contributed by atoms with Crippen LogP contribution >= 0.6 is 11.6 Å². The number of aromatic nitrogens is 1. The van der Waals surface area contributed by atoms with E-state index in [1.807, 2.05) is 0 Å². The smallest absolute Gasteiger partial charge is 0.310 e. The van der Waals surface area contributed by atoms with Gasteiger partial charge in [0.2, 0.25) is 0 Å². The monoisotopic (exact) mass is 363 g/mol. The SMILES string of the molecule is O=C(Cc1ccccc1Cl)OCc1cc(-c2ccc(F)cc2F)on1. The van der Waals surface area contributed by atoms with Crippen LogP contribution in [0.5, 0.6) is 0 Å². The van der Waals surface area contributed by atoms with Gasteiger partial charge in [-0.3, -0.25) is 4.79 Å². The van der Waals surface area contributed by atoms with Crippen molar-refractivity contribution in [1.82, 2.24) is 5.16 Å². The Morgan fingerprint density at radius 1 is 1.16 bits per heavy atom. The zero-order chi connectivity index (χ0) is 17.8. The third-order valence-corrected chi connectivity index (χ3v) is 3.80. The maximum atomic E-state index is 13.7. The van der Waals surface area contributed by atoms with Gasteiger partial charge in [-0.1, -0.05) is 35.0 Å². The first-order chi connectivity index (χ1) is 12.0. The maximum absolute atomic E-state index is 13.7. The fraction of sp³-hybridized carbons (Fsp3) is 0.111. The lowest BCUT2D eigenvalue weighted by atomic mass is 10.1. The Labute approximate surface area is 147 Å². The van der Waals surface area contributed by atoms with Crippen molar-refractivity contribution >= 4 is 17.6 Å². The molecule has 0 aliphatic rings. The van der Waals surface area contributed by atoms with Crippen molar-refractivity contribution in [3.8, 4) is 11.3 Å². The van der Waals surface area contributed by atoms with Crippen LogP contribution in [0, 0.1) is 11.6 Å². The molecule has 0 saturated carbocycles. The van der Waals surface area contributed by atoms with E-state index in [2.05, 4.69) is 5.16 Å². The molecule has 1 aromatic heterocycles. The first-order valence-corrected chi connectivity index (χ1v) is 7.71. The Kier molecular flexibility index (Phi) is 5.09. The second-order valence-electron chi connectivity index (χ2n) is 5.24. The van der Waals surface area contributed by atoms with Crippen molar-refractivity contribution in [1.29, 1.82) is 0 Å². The first kappa shape index (κ1) is 17.1. The minimum Gasteiger partial charge on any atom is -0.459 e. The van der Waals surface area contributed by atoms with E-state index in [0.29, 0.717) is 16.3 Å². The van der Waals surface area contributed by atoms with Gasteiger partial charge < -0.3 is 9.26 Å². The summed E-state index contributed by atoms with van der Waals surface area (Å²) in [5.74, 6) is -1.81. The predicted octanol–water partition coefficient (Wildman–Crippen LogP) is 4.56. The van der Waals surface area contributed by atoms with Crippen LogP contribution in [0.4, 0.5) is 8.78 Å². The summed E-state index contributed by atoms with van der Waals surface area (Å²) in [7, 11) is 0.